The lowest BCUT2D eigenvalue weighted by Gasteiger charge is -2.09. The summed E-state index contributed by atoms with van der Waals surface area (Å²) in [4.78, 5) is 23.3. The number of ether oxygens (including phenoxy) is 1. The first-order chi connectivity index (χ1) is 12.6. The Morgan fingerprint density at radius 1 is 1.15 bits per heavy atom. The molecule has 6 heteroatoms. The van der Waals surface area contributed by atoms with Crippen LogP contribution in [-0.2, 0) is 11.3 Å². The lowest BCUT2D eigenvalue weighted by atomic mass is 10.2. The van der Waals surface area contributed by atoms with Crippen LogP contribution < -0.4 is 15.8 Å². The topological polar surface area (TPSA) is 86.3 Å². The number of rotatable bonds is 7. The molecule has 0 radical (unpaired) electrons. The maximum atomic E-state index is 12.1. The minimum absolute atomic E-state index is 0.156. The summed E-state index contributed by atoms with van der Waals surface area (Å²) in [5, 5.41) is 3.89. The molecule has 0 aliphatic carbocycles. The normalized spacial score (nSPS) is 10.7. The van der Waals surface area contributed by atoms with Gasteiger partial charge in [-0.25, -0.2) is 0 Å². The first kappa shape index (κ1) is 17.5. The Bertz CT molecular complexity index is 946. The van der Waals surface area contributed by atoms with Crippen molar-refractivity contribution in [3.8, 4) is 5.75 Å². The van der Waals surface area contributed by atoms with E-state index in [9.17, 15) is 9.59 Å². The van der Waals surface area contributed by atoms with E-state index in [1.807, 2.05) is 24.3 Å². The summed E-state index contributed by atoms with van der Waals surface area (Å²) in [6.07, 6.45) is 3.12. The van der Waals surface area contributed by atoms with Crippen LogP contribution in [0, 0.1) is 0 Å². The number of hydrogen-bond acceptors (Lipinski definition) is 3. The van der Waals surface area contributed by atoms with Gasteiger partial charge >= 0.3 is 0 Å². The number of aryl methyl sites for hydroxylation is 1. The second kappa shape index (κ2) is 7.74. The van der Waals surface area contributed by atoms with E-state index >= 15 is 0 Å². The number of benzene rings is 2. The smallest absolute Gasteiger partial charge is 0.262 e. The first-order valence-electron chi connectivity index (χ1n) is 8.48. The molecule has 3 rings (SSSR count). The Morgan fingerprint density at radius 2 is 2.00 bits per heavy atom. The molecular formula is C20H21N3O3. The lowest BCUT2D eigenvalue weighted by molar-refractivity contribution is -0.118. The zero-order valence-corrected chi connectivity index (χ0v) is 14.6. The molecule has 134 valence electrons. The zero-order chi connectivity index (χ0) is 18.5. The Balaban J connectivity index is 1.62. The highest BCUT2D eigenvalue weighted by Crippen LogP contribution is 2.21. The van der Waals surface area contributed by atoms with Gasteiger partial charge < -0.3 is 20.4 Å². The molecule has 26 heavy (non-hydrogen) atoms. The fourth-order valence-corrected chi connectivity index (χ4v) is 2.80. The highest BCUT2D eigenvalue weighted by molar-refractivity contribution is 5.95. The number of nitrogens with one attached hydrogen (secondary N) is 1. The van der Waals surface area contributed by atoms with Gasteiger partial charge in [0.05, 0.1) is 0 Å². The molecule has 0 atom stereocenters. The summed E-state index contributed by atoms with van der Waals surface area (Å²) in [7, 11) is 0. The molecule has 3 aromatic rings. The fraction of sp³-hybridized carbons (Fsp3) is 0.200. The fourth-order valence-electron chi connectivity index (χ4n) is 2.80. The number of anilines is 1. The first-order valence-corrected chi connectivity index (χ1v) is 8.48. The van der Waals surface area contributed by atoms with E-state index in [-0.39, 0.29) is 12.5 Å². The van der Waals surface area contributed by atoms with Crippen LogP contribution in [0.3, 0.4) is 0 Å². The zero-order valence-electron chi connectivity index (χ0n) is 14.6. The summed E-state index contributed by atoms with van der Waals surface area (Å²) < 4.78 is 7.62. The van der Waals surface area contributed by atoms with Crippen LogP contribution in [0.25, 0.3) is 10.9 Å². The van der Waals surface area contributed by atoms with Crippen LogP contribution in [0.15, 0.2) is 54.7 Å². The SMILES string of the molecule is CCCn1ccc2cc(NC(=O)COc3cccc(C(N)=O)c3)ccc21. The molecule has 0 saturated carbocycles. The molecule has 3 N–H and O–H groups in total. The maximum absolute atomic E-state index is 12.1. The standard InChI is InChI=1S/C20H21N3O3/c1-2-9-23-10-8-14-11-16(6-7-18(14)23)22-19(24)13-26-17-5-3-4-15(12-17)20(21)25/h3-8,10-12H,2,9,13H2,1H3,(H2,21,25)(H,22,24). The summed E-state index contributed by atoms with van der Waals surface area (Å²) >= 11 is 0. The van der Waals surface area contributed by atoms with Gasteiger partial charge in [0.15, 0.2) is 6.61 Å². The lowest BCUT2D eigenvalue weighted by Crippen LogP contribution is -2.20. The van der Waals surface area contributed by atoms with E-state index in [1.165, 1.54) is 6.07 Å². The number of nitrogens with two attached hydrogens (primary N) is 1. The van der Waals surface area contributed by atoms with Crippen molar-refractivity contribution in [1.82, 2.24) is 4.57 Å². The second-order valence-corrected chi connectivity index (χ2v) is 6.01. The van der Waals surface area contributed by atoms with Crippen molar-refractivity contribution in [1.29, 1.82) is 0 Å². The third kappa shape index (κ3) is 4.03. The third-order valence-corrected chi connectivity index (χ3v) is 4.01. The van der Waals surface area contributed by atoms with Crippen LogP contribution in [0.1, 0.15) is 23.7 Å². The predicted molar refractivity (Wildman–Crippen MR) is 101 cm³/mol. The van der Waals surface area contributed by atoms with Gasteiger partial charge in [-0.1, -0.05) is 13.0 Å². The van der Waals surface area contributed by atoms with Crippen molar-refractivity contribution in [3.63, 3.8) is 0 Å². The van der Waals surface area contributed by atoms with Crippen molar-refractivity contribution in [2.75, 3.05) is 11.9 Å². The molecule has 2 amide bonds. The molecule has 0 aliphatic rings. The molecule has 1 aromatic heterocycles. The Hall–Kier alpha value is -3.28. The van der Waals surface area contributed by atoms with E-state index in [1.54, 1.807) is 18.2 Å². The van der Waals surface area contributed by atoms with Gasteiger partial charge in [0.1, 0.15) is 5.75 Å². The Labute approximate surface area is 151 Å². The molecule has 0 aliphatic heterocycles. The van der Waals surface area contributed by atoms with E-state index in [0.29, 0.717) is 17.0 Å². The summed E-state index contributed by atoms with van der Waals surface area (Å²) in [6, 6.07) is 14.3. The van der Waals surface area contributed by atoms with Gasteiger partial charge in [-0.15, -0.1) is 0 Å². The van der Waals surface area contributed by atoms with Gasteiger partial charge in [0.2, 0.25) is 5.91 Å². The van der Waals surface area contributed by atoms with Gasteiger partial charge in [0, 0.05) is 34.9 Å². The van der Waals surface area contributed by atoms with E-state index in [2.05, 4.69) is 23.0 Å². The number of primary amides is 1. The number of nitrogens with zero attached hydrogens (tertiary/aromatic N) is 1. The average Bonchev–Trinajstić information content (AvgIpc) is 3.03. The van der Waals surface area contributed by atoms with Crippen molar-refractivity contribution in [3.05, 3.63) is 60.3 Å². The molecule has 0 spiro atoms. The molecule has 0 saturated heterocycles. The minimum atomic E-state index is -0.539. The number of fused-ring (bicyclic) bond motifs is 1. The molecule has 1 heterocycles. The van der Waals surface area contributed by atoms with Gasteiger partial charge in [-0.05, 0) is 48.9 Å². The molecular weight excluding hydrogens is 330 g/mol. The highest BCUT2D eigenvalue weighted by atomic mass is 16.5. The minimum Gasteiger partial charge on any atom is -0.484 e. The predicted octanol–water partition coefficient (Wildman–Crippen LogP) is 3.17. The van der Waals surface area contributed by atoms with E-state index in [4.69, 9.17) is 10.5 Å². The van der Waals surface area contributed by atoms with Gasteiger partial charge in [-0.3, -0.25) is 9.59 Å². The summed E-state index contributed by atoms with van der Waals surface area (Å²) in [5.74, 6) is -0.395. The molecule has 0 unspecified atom stereocenters. The second-order valence-electron chi connectivity index (χ2n) is 6.01. The monoisotopic (exact) mass is 351 g/mol. The van der Waals surface area contributed by atoms with Crippen LogP contribution >= 0.6 is 0 Å². The number of aromatic nitrogens is 1. The number of carbonyl (C=O) groups is 2. The maximum Gasteiger partial charge on any atom is 0.262 e. The van der Waals surface area contributed by atoms with Crippen LogP contribution in [0.2, 0.25) is 0 Å². The largest absolute Gasteiger partial charge is 0.484 e. The van der Waals surface area contributed by atoms with Crippen molar-refractivity contribution in [2.45, 2.75) is 19.9 Å². The average molecular weight is 351 g/mol. The Kier molecular flexibility index (Phi) is 5.22. The summed E-state index contributed by atoms with van der Waals surface area (Å²) in [5.41, 5.74) is 7.43. The number of amides is 2. The van der Waals surface area contributed by atoms with Gasteiger partial charge in [0.25, 0.3) is 5.91 Å². The molecule has 0 bridgehead atoms. The number of hydrogen-bond donors (Lipinski definition) is 2. The van der Waals surface area contributed by atoms with Crippen molar-refractivity contribution in [2.24, 2.45) is 5.73 Å². The highest BCUT2D eigenvalue weighted by Gasteiger charge is 2.07. The molecule has 0 fully saturated rings. The third-order valence-electron chi connectivity index (χ3n) is 4.01. The van der Waals surface area contributed by atoms with Crippen LogP contribution in [0.4, 0.5) is 5.69 Å². The van der Waals surface area contributed by atoms with Crippen molar-refractivity contribution < 1.29 is 14.3 Å². The van der Waals surface area contributed by atoms with Crippen LogP contribution in [0.5, 0.6) is 5.75 Å². The Morgan fingerprint density at radius 3 is 2.77 bits per heavy atom. The van der Waals surface area contributed by atoms with E-state index in [0.717, 1.165) is 23.9 Å². The summed E-state index contributed by atoms with van der Waals surface area (Å²) in [6.45, 7) is 2.95. The quantitative estimate of drug-likeness (QED) is 0.685. The van der Waals surface area contributed by atoms with Gasteiger partial charge in [-0.2, -0.15) is 0 Å². The molecule has 2 aromatic carbocycles. The van der Waals surface area contributed by atoms with Crippen LogP contribution in [-0.4, -0.2) is 23.0 Å². The van der Waals surface area contributed by atoms with E-state index < -0.39 is 5.91 Å². The van der Waals surface area contributed by atoms with Crippen molar-refractivity contribution >= 4 is 28.4 Å². The number of carbonyl (C=O) groups excluding carboxylic acids is 2. The molecule has 6 nitrogen and oxygen atoms in total.